The molecule has 0 amide bonds. The molecule has 0 saturated carbocycles. The second-order valence-corrected chi connectivity index (χ2v) is 2.84. The van der Waals surface area contributed by atoms with E-state index in [1.54, 1.807) is 0 Å². The molecule has 9 heavy (non-hydrogen) atoms. The zero-order valence-corrected chi connectivity index (χ0v) is 6.30. The van der Waals surface area contributed by atoms with Gasteiger partial charge in [-0.25, -0.2) is 0 Å². The van der Waals surface area contributed by atoms with Crippen LogP contribution in [0.1, 0.15) is 26.7 Å². The molecule has 0 aliphatic carbocycles. The molecule has 0 spiro atoms. The van der Waals surface area contributed by atoms with Crippen molar-refractivity contribution in [3.8, 4) is 0 Å². The van der Waals surface area contributed by atoms with Gasteiger partial charge in [0.25, 0.3) is 0 Å². The first kappa shape index (κ1) is 8.92. The molecule has 2 heteroatoms. The SMILES string of the molecule is CC(N)CCC(C)CO. The van der Waals surface area contributed by atoms with Crippen molar-refractivity contribution in [2.45, 2.75) is 32.7 Å². The Kier molecular flexibility index (Phi) is 4.72. The minimum absolute atomic E-state index is 0.277. The van der Waals surface area contributed by atoms with Crippen molar-refractivity contribution in [3.05, 3.63) is 0 Å². The third-order valence-electron chi connectivity index (χ3n) is 1.43. The number of hydrogen-bond acceptors (Lipinski definition) is 2. The van der Waals surface area contributed by atoms with Crippen LogP contribution in [0.5, 0.6) is 0 Å². The Morgan fingerprint density at radius 1 is 1.33 bits per heavy atom. The molecule has 56 valence electrons. The molecule has 0 heterocycles. The van der Waals surface area contributed by atoms with Crippen molar-refractivity contribution in [2.24, 2.45) is 11.7 Å². The standard InChI is InChI=1S/C7H17NO/c1-6(5-9)3-4-7(2)8/h6-7,9H,3-5,8H2,1-2H3. The van der Waals surface area contributed by atoms with E-state index in [9.17, 15) is 0 Å². The van der Waals surface area contributed by atoms with Crippen molar-refractivity contribution < 1.29 is 5.11 Å². The summed E-state index contributed by atoms with van der Waals surface area (Å²) in [6.07, 6.45) is 2.05. The largest absolute Gasteiger partial charge is 0.396 e. The Labute approximate surface area is 57.1 Å². The molecule has 0 rings (SSSR count). The van der Waals surface area contributed by atoms with Crippen LogP contribution in [0.25, 0.3) is 0 Å². The number of nitrogens with two attached hydrogens (primary N) is 1. The van der Waals surface area contributed by atoms with E-state index in [-0.39, 0.29) is 12.6 Å². The van der Waals surface area contributed by atoms with Gasteiger partial charge in [-0.15, -0.1) is 0 Å². The van der Waals surface area contributed by atoms with E-state index in [2.05, 4.69) is 0 Å². The van der Waals surface area contributed by atoms with Crippen molar-refractivity contribution in [3.63, 3.8) is 0 Å². The first-order chi connectivity index (χ1) is 4.16. The van der Waals surface area contributed by atoms with E-state index < -0.39 is 0 Å². The Hall–Kier alpha value is -0.0800. The third kappa shape index (κ3) is 5.80. The van der Waals surface area contributed by atoms with E-state index in [4.69, 9.17) is 10.8 Å². The highest BCUT2D eigenvalue weighted by molar-refractivity contribution is 4.56. The van der Waals surface area contributed by atoms with E-state index in [1.807, 2.05) is 13.8 Å². The molecule has 0 aromatic rings. The van der Waals surface area contributed by atoms with Crippen LogP contribution in [0.3, 0.4) is 0 Å². The quantitative estimate of drug-likeness (QED) is 0.591. The van der Waals surface area contributed by atoms with Crippen LogP contribution >= 0.6 is 0 Å². The van der Waals surface area contributed by atoms with Gasteiger partial charge in [0, 0.05) is 12.6 Å². The van der Waals surface area contributed by atoms with Gasteiger partial charge in [-0.2, -0.15) is 0 Å². The van der Waals surface area contributed by atoms with Crippen molar-refractivity contribution in [1.82, 2.24) is 0 Å². The summed E-state index contributed by atoms with van der Waals surface area (Å²) < 4.78 is 0. The molecular formula is C7H17NO. The lowest BCUT2D eigenvalue weighted by Gasteiger charge is -2.08. The molecule has 0 aliphatic heterocycles. The van der Waals surface area contributed by atoms with E-state index in [0.717, 1.165) is 12.8 Å². The van der Waals surface area contributed by atoms with Crippen LogP contribution in [-0.4, -0.2) is 17.8 Å². The Bertz CT molecular complexity index is 63.9. The van der Waals surface area contributed by atoms with Gasteiger partial charge in [0.2, 0.25) is 0 Å². The Morgan fingerprint density at radius 3 is 2.22 bits per heavy atom. The molecule has 0 bridgehead atoms. The maximum atomic E-state index is 8.61. The van der Waals surface area contributed by atoms with Crippen LogP contribution in [0.4, 0.5) is 0 Å². The molecular weight excluding hydrogens is 114 g/mol. The summed E-state index contributed by atoms with van der Waals surface area (Å²) in [7, 11) is 0. The zero-order valence-electron chi connectivity index (χ0n) is 6.30. The highest BCUT2D eigenvalue weighted by Crippen LogP contribution is 2.04. The molecule has 2 nitrogen and oxygen atoms in total. The molecule has 0 aromatic heterocycles. The average molecular weight is 131 g/mol. The highest BCUT2D eigenvalue weighted by atomic mass is 16.3. The van der Waals surface area contributed by atoms with E-state index in [0.29, 0.717) is 5.92 Å². The van der Waals surface area contributed by atoms with Crippen molar-refractivity contribution in [1.29, 1.82) is 0 Å². The van der Waals surface area contributed by atoms with Crippen molar-refractivity contribution in [2.75, 3.05) is 6.61 Å². The summed E-state index contributed by atoms with van der Waals surface area (Å²) in [5.74, 6) is 0.413. The van der Waals surface area contributed by atoms with Gasteiger partial charge in [-0.05, 0) is 25.7 Å². The first-order valence-corrected chi connectivity index (χ1v) is 3.53. The second-order valence-electron chi connectivity index (χ2n) is 2.84. The van der Waals surface area contributed by atoms with Crippen LogP contribution < -0.4 is 5.73 Å². The van der Waals surface area contributed by atoms with E-state index >= 15 is 0 Å². The molecule has 0 saturated heterocycles. The van der Waals surface area contributed by atoms with Gasteiger partial charge in [-0.1, -0.05) is 6.92 Å². The molecule has 2 unspecified atom stereocenters. The lowest BCUT2D eigenvalue weighted by atomic mass is 10.0. The van der Waals surface area contributed by atoms with Crippen LogP contribution in [0.2, 0.25) is 0 Å². The van der Waals surface area contributed by atoms with Gasteiger partial charge in [0.15, 0.2) is 0 Å². The van der Waals surface area contributed by atoms with E-state index in [1.165, 1.54) is 0 Å². The predicted molar refractivity (Wildman–Crippen MR) is 39.1 cm³/mol. The monoisotopic (exact) mass is 131 g/mol. The van der Waals surface area contributed by atoms with Gasteiger partial charge in [0.05, 0.1) is 0 Å². The smallest absolute Gasteiger partial charge is 0.0456 e. The van der Waals surface area contributed by atoms with Crippen molar-refractivity contribution >= 4 is 0 Å². The van der Waals surface area contributed by atoms with Crippen LogP contribution in [-0.2, 0) is 0 Å². The van der Waals surface area contributed by atoms with Gasteiger partial charge in [-0.3, -0.25) is 0 Å². The molecule has 0 radical (unpaired) electrons. The Balaban J connectivity index is 3.06. The number of aliphatic hydroxyl groups is 1. The predicted octanol–water partition coefficient (Wildman–Crippen LogP) is 0.742. The molecule has 0 aromatic carbocycles. The maximum Gasteiger partial charge on any atom is 0.0456 e. The number of rotatable bonds is 4. The van der Waals surface area contributed by atoms with Crippen LogP contribution in [0, 0.1) is 5.92 Å². The Morgan fingerprint density at radius 2 is 1.89 bits per heavy atom. The summed E-state index contributed by atoms with van der Waals surface area (Å²) in [6, 6.07) is 0.277. The molecule has 3 N–H and O–H groups in total. The fourth-order valence-electron chi connectivity index (χ4n) is 0.639. The van der Waals surface area contributed by atoms with Gasteiger partial charge >= 0.3 is 0 Å². The summed E-state index contributed by atoms with van der Waals surface area (Å²) in [5.41, 5.74) is 5.51. The van der Waals surface area contributed by atoms with Gasteiger partial charge in [0.1, 0.15) is 0 Å². The fraction of sp³-hybridized carbons (Fsp3) is 1.00. The molecule has 2 atom stereocenters. The normalized spacial score (nSPS) is 17.3. The summed E-state index contributed by atoms with van der Waals surface area (Å²) in [5, 5.41) is 8.61. The lowest BCUT2D eigenvalue weighted by molar-refractivity contribution is 0.226. The maximum absolute atomic E-state index is 8.61. The first-order valence-electron chi connectivity index (χ1n) is 3.53. The number of aliphatic hydroxyl groups excluding tert-OH is 1. The summed E-state index contributed by atoms with van der Waals surface area (Å²) in [6.45, 7) is 4.30. The lowest BCUT2D eigenvalue weighted by Crippen LogP contribution is -2.16. The topological polar surface area (TPSA) is 46.2 Å². The molecule has 0 fully saturated rings. The minimum Gasteiger partial charge on any atom is -0.396 e. The van der Waals surface area contributed by atoms with Crippen LogP contribution in [0.15, 0.2) is 0 Å². The fourth-order valence-corrected chi connectivity index (χ4v) is 0.639. The second kappa shape index (κ2) is 4.77. The van der Waals surface area contributed by atoms with Gasteiger partial charge < -0.3 is 10.8 Å². The summed E-state index contributed by atoms with van der Waals surface area (Å²) >= 11 is 0. The zero-order chi connectivity index (χ0) is 7.28. The molecule has 0 aliphatic rings. The number of hydrogen-bond donors (Lipinski definition) is 2. The third-order valence-corrected chi connectivity index (χ3v) is 1.43. The summed E-state index contributed by atoms with van der Waals surface area (Å²) in [4.78, 5) is 0. The highest BCUT2D eigenvalue weighted by Gasteiger charge is 2.00. The average Bonchev–Trinajstić information content (AvgIpc) is 1.83. The minimum atomic E-state index is 0.277.